The van der Waals surface area contributed by atoms with E-state index in [0.29, 0.717) is 10.7 Å². The number of rotatable bonds is 4. The van der Waals surface area contributed by atoms with E-state index in [-0.39, 0.29) is 0 Å². The van der Waals surface area contributed by atoms with Crippen LogP contribution in [0.5, 0.6) is 0 Å². The zero-order valence-corrected chi connectivity index (χ0v) is 12.4. The number of amides is 1. The monoisotopic (exact) mass is 293 g/mol. The number of hydrogen-bond acceptors (Lipinski definition) is 5. The van der Waals surface area contributed by atoms with Crippen molar-refractivity contribution in [2.24, 2.45) is 5.73 Å². The van der Waals surface area contributed by atoms with E-state index < -0.39 is 5.91 Å². The van der Waals surface area contributed by atoms with Gasteiger partial charge < -0.3 is 11.5 Å². The first-order chi connectivity index (χ1) is 8.97. The van der Waals surface area contributed by atoms with Crippen LogP contribution in [0.1, 0.15) is 27.2 Å². The number of anilines is 1. The van der Waals surface area contributed by atoms with Crippen LogP contribution in [-0.2, 0) is 5.75 Å². The normalized spacial score (nSPS) is 10.6. The van der Waals surface area contributed by atoms with Gasteiger partial charge in [0.2, 0.25) is 5.91 Å². The first-order valence-corrected chi connectivity index (χ1v) is 7.52. The summed E-state index contributed by atoms with van der Waals surface area (Å²) >= 11 is 3.21. The van der Waals surface area contributed by atoms with E-state index in [0.717, 1.165) is 21.2 Å². The van der Waals surface area contributed by atoms with Crippen molar-refractivity contribution >= 4 is 34.1 Å². The van der Waals surface area contributed by atoms with Crippen molar-refractivity contribution in [3.8, 4) is 0 Å². The van der Waals surface area contributed by atoms with E-state index in [1.54, 1.807) is 17.8 Å². The highest BCUT2D eigenvalue weighted by atomic mass is 32.2. The summed E-state index contributed by atoms with van der Waals surface area (Å²) < 4.78 is 1.14. The Morgan fingerprint density at radius 2 is 2.16 bits per heavy atom. The Kier molecular flexibility index (Phi) is 4.11. The van der Waals surface area contributed by atoms with Gasteiger partial charge in [-0.3, -0.25) is 4.79 Å². The van der Waals surface area contributed by atoms with Crippen LogP contribution in [-0.4, -0.2) is 10.9 Å². The molecule has 1 amide bonds. The quantitative estimate of drug-likeness (QED) is 0.849. The number of nitrogen functional groups attached to an aromatic ring is 1. The number of aromatic nitrogens is 1. The molecule has 0 saturated carbocycles. The van der Waals surface area contributed by atoms with E-state index in [4.69, 9.17) is 11.5 Å². The maximum Gasteiger partial charge on any atom is 0.248 e. The Morgan fingerprint density at radius 3 is 2.68 bits per heavy atom. The number of nitrogens with zero attached hydrogens (tertiary/aromatic N) is 1. The second kappa shape index (κ2) is 5.63. The summed E-state index contributed by atoms with van der Waals surface area (Å²) in [6, 6.07) is 5.54. The summed E-state index contributed by atoms with van der Waals surface area (Å²) in [5.41, 5.74) is 14.7. The summed E-state index contributed by atoms with van der Waals surface area (Å²) in [6.07, 6.45) is 0. The number of thiazole rings is 1. The molecule has 100 valence electrons. The molecule has 1 aromatic heterocycles. The van der Waals surface area contributed by atoms with Gasteiger partial charge in [-0.2, -0.15) is 0 Å². The Morgan fingerprint density at radius 1 is 1.42 bits per heavy atom. The first-order valence-electron chi connectivity index (χ1n) is 5.72. The Hall–Kier alpha value is -1.53. The molecule has 0 fully saturated rings. The largest absolute Gasteiger partial charge is 0.375 e. The zero-order chi connectivity index (χ0) is 14.0. The average Bonchev–Trinajstić information content (AvgIpc) is 2.66. The highest BCUT2D eigenvalue weighted by molar-refractivity contribution is 8.00. The highest BCUT2D eigenvalue weighted by Gasteiger charge is 2.08. The molecule has 4 nitrogen and oxygen atoms in total. The van der Waals surface area contributed by atoms with Crippen molar-refractivity contribution in [3.05, 3.63) is 40.6 Å². The fraction of sp³-hybridized carbons (Fsp3) is 0.231. The molecule has 19 heavy (non-hydrogen) atoms. The lowest BCUT2D eigenvalue weighted by atomic mass is 10.1. The lowest BCUT2D eigenvalue weighted by Gasteiger charge is -2.06. The van der Waals surface area contributed by atoms with Crippen LogP contribution >= 0.6 is 23.1 Å². The van der Waals surface area contributed by atoms with Gasteiger partial charge in [0.1, 0.15) is 0 Å². The summed E-state index contributed by atoms with van der Waals surface area (Å²) in [4.78, 5) is 15.3. The number of thioether (sulfide) groups is 1. The van der Waals surface area contributed by atoms with Gasteiger partial charge in [0.15, 0.2) is 5.13 Å². The van der Waals surface area contributed by atoms with Crippen LogP contribution in [0.2, 0.25) is 0 Å². The maximum atomic E-state index is 11.1. The third-order valence-corrected chi connectivity index (χ3v) is 5.15. The van der Waals surface area contributed by atoms with Crippen molar-refractivity contribution in [3.63, 3.8) is 0 Å². The second-order valence-corrected chi connectivity index (χ2v) is 6.49. The van der Waals surface area contributed by atoms with Crippen molar-refractivity contribution in [1.82, 2.24) is 4.98 Å². The van der Waals surface area contributed by atoms with Gasteiger partial charge in [0, 0.05) is 11.3 Å². The Labute approximate surface area is 120 Å². The molecule has 2 rings (SSSR count). The molecule has 0 radical (unpaired) electrons. The highest BCUT2D eigenvalue weighted by Crippen LogP contribution is 2.33. The van der Waals surface area contributed by atoms with Gasteiger partial charge in [-0.05, 0) is 37.1 Å². The molecule has 0 bridgehead atoms. The molecular weight excluding hydrogens is 278 g/mol. The molecule has 0 unspecified atom stereocenters. The van der Waals surface area contributed by atoms with Crippen LogP contribution in [0.25, 0.3) is 0 Å². The van der Waals surface area contributed by atoms with E-state index in [1.807, 2.05) is 26.0 Å². The third kappa shape index (κ3) is 3.27. The van der Waals surface area contributed by atoms with Crippen LogP contribution in [0.3, 0.4) is 0 Å². The topological polar surface area (TPSA) is 82.0 Å². The van der Waals surface area contributed by atoms with Crippen LogP contribution < -0.4 is 11.5 Å². The molecule has 0 spiro atoms. The van der Waals surface area contributed by atoms with E-state index in [1.165, 1.54) is 16.9 Å². The molecule has 1 aromatic carbocycles. The predicted molar refractivity (Wildman–Crippen MR) is 80.5 cm³/mol. The number of carbonyl (C=O) groups is 1. The standard InChI is InChI=1S/C13H15N3OS2/c1-7-5-9(11(14)17)3-4-10(7)6-18-12-8(2)16-13(15)19-12/h3-5H,6H2,1-2H3,(H2,14,17)(H2,15,16). The van der Waals surface area contributed by atoms with Gasteiger partial charge in [0.25, 0.3) is 0 Å². The molecule has 0 saturated heterocycles. The van der Waals surface area contributed by atoms with Gasteiger partial charge in [-0.25, -0.2) is 4.98 Å². The van der Waals surface area contributed by atoms with Crippen molar-refractivity contribution in [2.45, 2.75) is 23.8 Å². The van der Waals surface area contributed by atoms with Gasteiger partial charge in [-0.1, -0.05) is 17.4 Å². The smallest absolute Gasteiger partial charge is 0.248 e. The molecule has 4 N–H and O–H groups in total. The van der Waals surface area contributed by atoms with Crippen LogP contribution in [0.15, 0.2) is 22.4 Å². The molecule has 0 atom stereocenters. The number of benzene rings is 1. The van der Waals surface area contributed by atoms with E-state index in [9.17, 15) is 4.79 Å². The van der Waals surface area contributed by atoms with Crippen molar-refractivity contribution < 1.29 is 4.79 Å². The number of carbonyl (C=O) groups excluding carboxylic acids is 1. The first kappa shape index (κ1) is 13.9. The predicted octanol–water partition coefficient (Wildman–Crippen LogP) is 2.73. The minimum absolute atomic E-state index is 0.395. The molecular formula is C13H15N3OS2. The fourth-order valence-corrected chi connectivity index (χ4v) is 3.79. The second-order valence-electron chi connectivity index (χ2n) is 4.22. The third-order valence-electron chi connectivity index (χ3n) is 2.76. The number of nitrogens with two attached hydrogens (primary N) is 2. The maximum absolute atomic E-state index is 11.1. The number of aryl methyl sites for hydroxylation is 2. The van der Waals surface area contributed by atoms with Crippen LogP contribution in [0.4, 0.5) is 5.13 Å². The molecule has 1 heterocycles. The molecule has 0 aliphatic heterocycles. The molecule has 0 aliphatic carbocycles. The van der Waals surface area contributed by atoms with Crippen molar-refractivity contribution in [2.75, 3.05) is 5.73 Å². The van der Waals surface area contributed by atoms with Crippen molar-refractivity contribution in [1.29, 1.82) is 0 Å². The molecule has 6 heteroatoms. The fourth-order valence-electron chi connectivity index (χ4n) is 1.69. The Balaban J connectivity index is 2.12. The van der Waals surface area contributed by atoms with Crippen LogP contribution in [0, 0.1) is 13.8 Å². The van der Waals surface area contributed by atoms with Gasteiger partial charge in [0.05, 0.1) is 9.90 Å². The SMILES string of the molecule is Cc1cc(C(N)=O)ccc1CSc1sc(N)nc1C. The van der Waals surface area contributed by atoms with Gasteiger partial charge in [-0.15, -0.1) is 11.8 Å². The summed E-state index contributed by atoms with van der Waals surface area (Å²) in [6.45, 7) is 3.94. The summed E-state index contributed by atoms with van der Waals surface area (Å²) in [7, 11) is 0. The zero-order valence-electron chi connectivity index (χ0n) is 10.8. The lowest BCUT2D eigenvalue weighted by molar-refractivity contribution is 0.1000. The minimum Gasteiger partial charge on any atom is -0.375 e. The summed E-state index contributed by atoms with van der Waals surface area (Å²) in [5.74, 6) is 0.432. The number of primary amides is 1. The molecule has 2 aromatic rings. The minimum atomic E-state index is -0.395. The lowest BCUT2D eigenvalue weighted by Crippen LogP contribution is -2.11. The Bertz CT molecular complexity index is 622. The number of hydrogen-bond donors (Lipinski definition) is 2. The van der Waals surface area contributed by atoms with E-state index in [2.05, 4.69) is 4.98 Å². The van der Waals surface area contributed by atoms with Gasteiger partial charge >= 0.3 is 0 Å². The average molecular weight is 293 g/mol. The van der Waals surface area contributed by atoms with E-state index >= 15 is 0 Å². The summed E-state index contributed by atoms with van der Waals surface area (Å²) in [5, 5.41) is 0.598. The molecule has 0 aliphatic rings.